The van der Waals surface area contributed by atoms with Gasteiger partial charge in [-0.2, -0.15) is 0 Å². The van der Waals surface area contributed by atoms with Crippen molar-refractivity contribution in [2.75, 3.05) is 27.2 Å². The number of carbonyl (C=O) groups is 2. The van der Waals surface area contributed by atoms with Crippen molar-refractivity contribution in [3.8, 4) is 5.75 Å². The van der Waals surface area contributed by atoms with Crippen molar-refractivity contribution < 1.29 is 14.3 Å². The minimum Gasteiger partial charge on any atom is -0.496 e. The van der Waals surface area contributed by atoms with E-state index in [0.717, 1.165) is 25.9 Å². The largest absolute Gasteiger partial charge is 0.496 e. The van der Waals surface area contributed by atoms with Gasteiger partial charge in [-0.25, -0.2) is 4.98 Å². The fraction of sp³-hybridized carbons (Fsp3) is 0.381. The fourth-order valence-electron chi connectivity index (χ4n) is 3.35. The maximum Gasteiger partial charge on any atom is 0.184 e. The van der Waals surface area contributed by atoms with Gasteiger partial charge in [-0.3, -0.25) is 9.59 Å². The van der Waals surface area contributed by atoms with Crippen molar-refractivity contribution in [1.29, 1.82) is 0 Å². The Kier molecular flexibility index (Phi) is 6.24. The highest BCUT2D eigenvalue weighted by Crippen LogP contribution is 2.24. The molecule has 0 amide bonds. The average Bonchev–Trinajstić information content (AvgIpc) is 2.68. The summed E-state index contributed by atoms with van der Waals surface area (Å²) in [5, 5.41) is 0.471. The van der Waals surface area contributed by atoms with E-state index in [9.17, 15) is 9.59 Å². The van der Waals surface area contributed by atoms with Gasteiger partial charge < -0.3 is 9.64 Å². The van der Waals surface area contributed by atoms with Crippen LogP contribution in [0.15, 0.2) is 36.4 Å². The smallest absolute Gasteiger partial charge is 0.184 e. The average molecular weight is 387 g/mol. The van der Waals surface area contributed by atoms with Crippen LogP contribution in [0.3, 0.4) is 0 Å². The van der Waals surface area contributed by atoms with Gasteiger partial charge >= 0.3 is 0 Å². The van der Waals surface area contributed by atoms with Crippen molar-refractivity contribution in [3.05, 3.63) is 58.4 Å². The van der Waals surface area contributed by atoms with Crippen LogP contribution in [0.2, 0.25) is 5.02 Å². The quantitative estimate of drug-likeness (QED) is 0.708. The van der Waals surface area contributed by atoms with Crippen molar-refractivity contribution in [1.82, 2.24) is 9.88 Å². The molecule has 2 aromatic rings. The van der Waals surface area contributed by atoms with E-state index >= 15 is 0 Å². The second-order valence-electron chi connectivity index (χ2n) is 6.90. The molecule has 142 valence electrons. The molecule has 0 saturated carbocycles. The number of rotatable bonds is 6. The highest BCUT2D eigenvalue weighted by Gasteiger charge is 2.25. The predicted octanol–water partition coefficient (Wildman–Crippen LogP) is 3.69. The maximum atomic E-state index is 12.8. The molecule has 0 radical (unpaired) electrons. The second kappa shape index (κ2) is 8.63. The summed E-state index contributed by atoms with van der Waals surface area (Å²) in [4.78, 5) is 32.1. The Morgan fingerprint density at radius 3 is 2.67 bits per heavy atom. The molecule has 2 heterocycles. The number of methoxy groups -OCH3 is 1. The number of benzene rings is 1. The Bertz CT molecular complexity index is 845. The van der Waals surface area contributed by atoms with Gasteiger partial charge in [0.1, 0.15) is 11.4 Å². The Hall–Kier alpha value is -2.24. The number of Topliss-reactive ketones (excluding diaryl/α,β-unsaturated/α-hetero) is 2. The fourth-order valence-corrected chi connectivity index (χ4v) is 3.53. The third-order valence-electron chi connectivity index (χ3n) is 4.95. The summed E-state index contributed by atoms with van der Waals surface area (Å²) in [5.41, 5.74) is 1.42. The lowest BCUT2D eigenvalue weighted by Crippen LogP contribution is -2.33. The SMILES string of the molecule is COc1ccc(Cl)cc1C(=O)Cc1cccc(C(=O)C2CCN(C)CC2)n1. The van der Waals surface area contributed by atoms with Gasteiger partial charge in [0.05, 0.1) is 19.1 Å². The molecule has 3 rings (SSSR count). The molecule has 1 aliphatic rings. The number of hydrogen-bond acceptors (Lipinski definition) is 5. The number of ketones is 2. The molecule has 1 saturated heterocycles. The molecule has 27 heavy (non-hydrogen) atoms. The predicted molar refractivity (Wildman–Crippen MR) is 105 cm³/mol. The van der Waals surface area contributed by atoms with E-state index in [4.69, 9.17) is 16.3 Å². The summed E-state index contributed by atoms with van der Waals surface area (Å²) in [6.07, 6.45) is 1.78. The summed E-state index contributed by atoms with van der Waals surface area (Å²) in [6, 6.07) is 10.2. The lowest BCUT2D eigenvalue weighted by Gasteiger charge is -2.27. The minimum absolute atomic E-state index is 0.00711. The van der Waals surface area contributed by atoms with Crippen LogP contribution in [-0.4, -0.2) is 48.7 Å². The molecule has 0 unspecified atom stereocenters. The highest BCUT2D eigenvalue weighted by atomic mass is 35.5. The van der Waals surface area contributed by atoms with Gasteiger partial charge in [-0.15, -0.1) is 0 Å². The molecule has 0 atom stereocenters. The summed E-state index contributed by atoms with van der Waals surface area (Å²) >= 11 is 6.01. The first kappa shape index (κ1) is 19.5. The topological polar surface area (TPSA) is 59.5 Å². The minimum atomic E-state index is -0.147. The van der Waals surface area contributed by atoms with Crippen molar-refractivity contribution >= 4 is 23.2 Å². The monoisotopic (exact) mass is 386 g/mol. The Balaban J connectivity index is 1.75. The van der Waals surface area contributed by atoms with Gasteiger partial charge in [0.2, 0.25) is 0 Å². The standard InChI is InChI=1S/C21H23ClN2O3/c1-24-10-8-14(9-11-24)21(26)18-5-3-4-16(23-18)13-19(25)17-12-15(22)6-7-20(17)27-2/h3-7,12,14H,8-11,13H2,1-2H3. The Morgan fingerprint density at radius 2 is 1.96 bits per heavy atom. The van der Waals surface area contributed by atoms with Crippen LogP contribution in [0.4, 0.5) is 0 Å². The first-order valence-electron chi connectivity index (χ1n) is 9.03. The lowest BCUT2D eigenvalue weighted by atomic mass is 9.91. The molecule has 1 fully saturated rings. The van der Waals surface area contributed by atoms with Gasteiger partial charge in [0.15, 0.2) is 11.6 Å². The third-order valence-corrected chi connectivity index (χ3v) is 5.19. The number of hydrogen-bond donors (Lipinski definition) is 0. The molecule has 0 bridgehead atoms. The zero-order valence-corrected chi connectivity index (χ0v) is 16.3. The number of ether oxygens (including phenoxy) is 1. The van der Waals surface area contributed by atoms with E-state index < -0.39 is 0 Å². The number of piperidine rings is 1. The normalized spacial score (nSPS) is 15.5. The number of pyridine rings is 1. The van der Waals surface area contributed by atoms with E-state index in [1.165, 1.54) is 7.11 Å². The molecule has 1 aliphatic heterocycles. The van der Waals surface area contributed by atoms with Crippen molar-refractivity contribution in [3.63, 3.8) is 0 Å². The summed E-state index contributed by atoms with van der Waals surface area (Å²) in [7, 11) is 3.58. The van der Waals surface area contributed by atoms with Crippen LogP contribution in [0.1, 0.15) is 39.4 Å². The lowest BCUT2D eigenvalue weighted by molar-refractivity contribution is 0.0850. The van der Waals surface area contributed by atoms with Crippen molar-refractivity contribution in [2.24, 2.45) is 5.92 Å². The van der Waals surface area contributed by atoms with E-state index in [2.05, 4.69) is 16.9 Å². The molecule has 1 aromatic carbocycles. The molecule has 1 aromatic heterocycles. The van der Waals surface area contributed by atoms with Crippen molar-refractivity contribution in [2.45, 2.75) is 19.3 Å². The van der Waals surface area contributed by atoms with Gasteiger partial charge in [-0.05, 0) is 63.3 Å². The second-order valence-corrected chi connectivity index (χ2v) is 7.34. The van der Waals surface area contributed by atoms with Gasteiger partial charge in [-0.1, -0.05) is 17.7 Å². The van der Waals surface area contributed by atoms with Crippen LogP contribution in [0, 0.1) is 5.92 Å². The molecular formula is C21H23ClN2O3. The van der Waals surface area contributed by atoms with Crippen LogP contribution in [0.25, 0.3) is 0 Å². The number of carbonyl (C=O) groups excluding carboxylic acids is 2. The third kappa shape index (κ3) is 4.73. The molecule has 0 N–H and O–H groups in total. The number of halogens is 1. The molecule has 0 aliphatic carbocycles. The first-order valence-corrected chi connectivity index (χ1v) is 9.41. The van der Waals surface area contributed by atoms with Gasteiger partial charge in [0.25, 0.3) is 0 Å². The maximum absolute atomic E-state index is 12.8. The number of likely N-dealkylation sites (tertiary alicyclic amines) is 1. The van der Waals surface area contributed by atoms with Gasteiger partial charge in [0, 0.05) is 16.6 Å². The summed E-state index contributed by atoms with van der Waals surface area (Å²) < 4.78 is 5.25. The molecule has 0 spiro atoms. The van der Waals surface area contributed by atoms with E-state index in [0.29, 0.717) is 27.7 Å². The van der Waals surface area contributed by atoms with E-state index in [1.807, 2.05) is 0 Å². The molecule has 5 nitrogen and oxygen atoms in total. The zero-order valence-electron chi connectivity index (χ0n) is 15.6. The zero-order chi connectivity index (χ0) is 19.4. The molecular weight excluding hydrogens is 364 g/mol. The van der Waals surface area contributed by atoms with Crippen LogP contribution in [-0.2, 0) is 6.42 Å². The summed E-state index contributed by atoms with van der Waals surface area (Å²) in [5.74, 6) is 0.402. The first-order chi connectivity index (χ1) is 13.0. The van der Waals surface area contributed by atoms with E-state index in [1.54, 1.807) is 36.4 Å². The molecule has 6 heteroatoms. The van der Waals surface area contributed by atoms with Crippen LogP contribution >= 0.6 is 11.6 Å². The van der Waals surface area contributed by atoms with E-state index in [-0.39, 0.29) is 23.9 Å². The number of aromatic nitrogens is 1. The number of nitrogens with zero attached hydrogens (tertiary/aromatic N) is 2. The Morgan fingerprint density at radius 1 is 1.22 bits per heavy atom. The highest BCUT2D eigenvalue weighted by molar-refractivity contribution is 6.31. The Labute approximate surface area is 164 Å². The van der Waals surface area contributed by atoms with Crippen LogP contribution in [0.5, 0.6) is 5.75 Å². The van der Waals surface area contributed by atoms with Crippen LogP contribution < -0.4 is 4.74 Å². The summed E-state index contributed by atoms with van der Waals surface area (Å²) in [6.45, 7) is 1.84.